The molecule has 13 heavy (non-hydrogen) atoms. The van der Waals surface area contributed by atoms with Gasteiger partial charge < -0.3 is 10.0 Å². The molecule has 0 saturated heterocycles. The average molecular weight is 244 g/mol. The van der Waals surface area contributed by atoms with Gasteiger partial charge in [0.1, 0.15) is 0 Å². The third-order valence-electron chi connectivity index (χ3n) is 1.95. The van der Waals surface area contributed by atoms with Gasteiger partial charge in [-0.15, -0.1) is 0 Å². The van der Waals surface area contributed by atoms with Gasteiger partial charge in [-0.25, -0.2) is 0 Å². The largest absolute Gasteiger partial charge is 0.392 e. The molecular weight excluding hydrogens is 230 g/mol. The number of alkyl halides is 1. The van der Waals surface area contributed by atoms with Crippen LogP contribution in [0.25, 0.3) is 0 Å². The van der Waals surface area contributed by atoms with Crippen molar-refractivity contribution in [2.24, 2.45) is 0 Å². The lowest BCUT2D eigenvalue weighted by molar-refractivity contribution is 0.282. The lowest BCUT2D eigenvalue weighted by Gasteiger charge is -2.18. The highest BCUT2D eigenvalue weighted by atomic mass is 79.9. The van der Waals surface area contributed by atoms with E-state index in [4.69, 9.17) is 5.11 Å². The number of rotatable bonds is 4. The van der Waals surface area contributed by atoms with Gasteiger partial charge in [0, 0.05) is 24.6 Å². The smallest absolute Gasteiger partial charge is 0.0682 e. The number of benzene rings is 1. The van der Waals surface area contributed by atoms with Crippen LogP contribution in [-0.4, -0.2) is 24.0 Å². The first-order valence-corrected chi connectivity index (χ1v) is 5.37. The number of aliphatic hydroxyl groups excluding tert-OH is 1. The molecule has 0 unspecified atom stereocenters. The van der Waals surface area contributed by atoms with Gasteiger partial charge in [-0.3, -0.25) is 0 Å². The minimum absolute atomic E-state index is 0.107. The summed E-state index contributed by atoms with van der Waals surface area (Å²) in [6.45, 7) is 1.07. The maximum Gasteiger partial charge on any atom is 0.0682 e. The third-order valence-corrected chi connectivity index (χ3v) is 2.31. The summed E-state index contributed by atoms with van der Waals surface area (Å²) < 4.78 is 0. The Bertz CT molecular complexity index is 265. The molecule has 1 aromatic carbocycles. The quantitative estimate of drug-likeness (QED) is 0.819. The summed E-state index contributed by atoms with van der Waals surface area (Å²) in [4.78, 5) is 2.15. The third kappa shape index (κ3) is 3.01. The molecule has 0 aliphatic carbocycles. The number of hydrogen-bond donors (Lipinski definition) is 1. The van der Waals surface area contributed by atoms with Gasteiger partial charge in [0.15, 0.2) is 0 Å². The predicted octanol–water partition coefficient (Wildman–Crippen LogP) is 2.01. The minimum Gasteiger partial charge on any atom is -0.392 e. The van der Waals surface area contributed by atoms with Gasteiger partial charge in [-0.2, -0.15) is 0 Å². The van der Waals surface area contributed by atoms with Crippen molar-refractivity contribution in [3.05, 3.63) is 29.8 Å². The first-order chi connectivity index (χ1) is 6.27. The molecule has 0 aliphatic heterocycles. The topological polar surface area (TPSA) is 23.5 Å². The molecule has 72 valence electrons. The number of hydrogen-bond acceptors (Lipinski definition) is 2. The van der Waals surface area contributed by atoms with Crippen LogP contribution < -0.4 is 4.90 Å². The minimum atomic E-state index is 0.107. The molecule has 2 nitrogen and oxygen atoms in total. The normalized spacial score (nSPS) is 10.1. The van der Waals surface area contributed by atoms with E-state index in [2.05, 4.69) is 20.8 Å². The van der Waals surface area contributed by atoms with Crippen molar-refractivity contribution >= 4 is 21.6 Å². The van der Waals surface area contributed by atoms with Crippen LogP contribution >= 0.6 is 15.9 Å². The van der Waals surface area contributed by atoms with Crippen molar-refractivity contribution in [2.75, 3.05) is 23.8 Å². The SMILES string of the molecule is CN(CCBr)c1cccc(CO)c1. The summed E-state index contributed by atoms with van der Waals surface area (Å²) in [7, 11) is 2.04. The van der Waals surface area contributed by atoms with E-state index in [0.29, 0.717) is 0 Å². The van der Waals surface area contributed by atoms with Crippen LogP contribution in [0.1, 0.15) is 5.56 Å². The zero-order valence-electron chi connectivity index (χ0n) is 7.70. The van der Waals surface area contributed by atoms with E-state index in [1.54, 1.807) is 0 Å². The van der Waals surface area contributed by atoms with Crippen LogP contribution in [0.15, 0.2) is 24.3 Å². The highest BCUT2D eigenvalue weighted by molar-refractivity contribution is 9.09. The van der Waals surface area contributed by atoms with E-state index < -0.39 is 0 Å². The molecule has 0 heterocycles. The van der Waals surface area contributed by atoms with E-state index in [-0.39, 0.29) is 6.61 Å². The Hall–Kier alpha value is -0.540. The van der Waals surface area contributed by atoms with Gasteiger partial charge >= 0.3 is 0 Å². The van der Waals surface area contributed by atoms with Gasteiger partial charge in [0.05, 0.1) is 6.61 Å². The maximum absolute atomic E-state index is 8.95. The van der Waals surface area contributed by atoms with Gasteiger partial charge in [0.25, 0.3) is 0 Å². The number of nitrogens with zero attached hydrogens (tertiary/aromatic N) is 1. The average Bonchev–Trinajstić information content (AvgIpc) is 2.18. The molecule has 1 rings (SSSR count). The molecule has 1 N–H and O–H groups in total. The van der Waals surface area contributed by atoms with Crippen LogP contribution in [0.4, 0.5) is 5.69 Å². The van der Waals surface area contributed by atoms with Crippen LogP contribution in [-0.2, 0) is 6.61 Å². The Labute approximate surface area is 87.3 Å². The zero-order chi connectivity index (χ0) is 9.68. The van der Waals surface area contributed by atoms with Crippen molar-refractivity contribution < 1.29 is 5.11 Å². The summed E-state index contributed by atoms with van der Waals surface area (Å²) in [5.41, 5.74) is 2.10. The first-order valence-electron chi connectivity index (χ1n) is 4.25. The van der Waals surface area contributed by atoms with Gasteiger partial charge in [-0.1, -0.05) is 28.1 Å². The highest BCUT2D eigenvalue weighted by Gasteiger charge is 1.99. The molecule has 1 aromatic rings. The van der Waals surface area contributed by atoms with Crippen molar-refractivity contribution in [3.63, 3.8) is 0 Å². The lowest BCUT2D eigenvalue weighted by Crippen LogP contribution is -2.19. The second kappa shape index (κ2) is 5.25. The van der Waals surface area contributed by atoms with Crippen molar-refractivity contribution in [2.45, 2.75) is 6.61 Å². The number of anilines is 1. The Kier molecular flexibility index (Phi) is 4.25. The maximum atomic E-state index is 8.95. The fraction of sp³-hybridized carbons (Fsp3) is 0.400. The standard InChI is InChI=1S/C10H14BrNO/c1-12(6-5-11)10-4-2-3-9(7-10)8-13/h2-4,7,13H,5-6,8H2,1H3. The molecule has 3 heteroatoms. The Morgan fingerprint density at radius 2 is 2.23 bits per heavy atom. The fourth-order valence-electron chi connectivity index (χ4n) is 1.15. The zero-order valence-corrected chi connectivity index (χ0v) is 9.29. The molecule has 0 radical (unpaired) electrons. The predicted molar refractivity (Wildman–Crippen MR) is 59.4 cm³/mol. The van der Waals surface area contributed by atoms with E-state index in [1.165, 1.54) is 0 Å². The lowest BCUT2D eigenvalue weighted by atomic mass is 10.2. The second-order valence-electron chi connectivity index (χ2n) is 2.94. The van der Waals surface area contributed by atoms with E-state index >= 15 is 0 Å². The molecule has 0 aliphatic rings. The van der Waals surface area contributed by atoms with Gasteiger partial charge in [0.2, 0.25) is 0 Å². The van der Waals surface area contributed by atoms with Gasteiger partial charge in [-0.05, 0) is 17.7 Å². The number of aliphatic hydroxyl groups is 1. The Morgan fingerprint density at radius 3 is 2.85 bits per heavy atom. The van der Waals surface area contributed by atoms with Crippen LogP contribution in [0, 0.1) is 0 Å². The summed E-state index contributed by atoms with van der Waals surface area (Å²) in [6.07, 6.45) is 0. The molecular formula is C10H14BrNO. The molecule has 0 aromatic heterocycles. The Balaban J connectivity index is 2.75. The molecule has 0 bridgehead atoms. The number of halogens is 1. The molecule has 0 atom stereocenters. The summed E-state index contributed by atoms with van der Waals surface area (Å²) in [6, 6.07) is 7.93. The Morgan fingerprint density at radius 1 is 1.46 bits per heavy atom. The molecule has 0 fully saturated rings. The molecule has 0 saturated carbocycles. The van der Waals surface area contributed by atoms with Crippen molar-refractivity contribution in [1.29, 1.82) is 0 Å². The summed E-state index contributed by atoms with van der Waals surface area (Å²) in [5.74, 6) is 0. The van der Waals surface area contributed by atoms with Crippen LogP contribution in [0.5, 0.6) is 0 Å². The summed E-state index contributed by atoms with van der Waals surface area (Å²) in [5, 5.41) is 9.90. The second-order valence-corrected chi connectivity index (χ2v) is 3.73. The van der Waals surface area contributed by atoms with E-state index in [1.807, 2.05) is 31.3 Å². The van der Waals surface area contributed by atoms with Crippen molar-refractivity contribution in [3.8, 4) is 0 Å². The van der Waals surface area contributed by atoms with E-state index in [0.717, 1.165) is 23.1 Å². The monoisotopic (exact) mass is 243 g/mol. The molecule has 0 spiro atoms. The van der Waals surface area contributed by atoms with E-state index in [9.17, 15) is 0 Å². The fourth-order valence-corrected chi connectivity index (χ4v) is 1.68. The first kappa shape index (κ1) is 10.5. The highest BCUT2D eigenvalue weighted by Crippen LogP contribution is 2.14. The molecule has 0 amide bonds. The van der Waals surface area contributed by atoms with Crippen molar-refractivity contribution in [1.82, 2.24) is 0 Å². The van der Waals surface area contributed by atoms with Crippen LogP contribution in [0.3, 0.4) is 0 Å². The summed E-state index contributed by atoms with van der Waals surface area (Å²) >= 11 is 3.39. The van der Waals surface area contributed by atoms with Crippen LogP contribution in [0.2, 0.25) is 0 Å².